The smallest absolute Gasteiger partial charge is 0.337 e. The van der Waals surface area contributed by atoms with Gasteiger partial charge in [0.05, 0.1) is 22.3 Å². The summed E-state index contributed by atoms with van der Waals surface area (Å²) < 4.78 is 23.4. The molecule has 0 amide bonds. The highest BCUT2D eigenvalue weighted by Gasteiger charge is 2.16. The molecule has 0 spiro atoms. The van der Waals surface area contributed by atoms with Crippen LogP contribution < -0.4 is 11.1 Å². The molecule has 1 heterocycles. The molecule has 112 valence electrons. The van der Waals surface area contributed by atoms with Crippen LogP contribution in [0.1, 0.15) is 10.4 Å². The summed E-state index contributed by atoms with van der Waals surface area (Å²) in [4.78, 5) is 37.0. The van der Waals surface area contributed by atoms with Crippen LogP contribution in [0.2, 0.25) is 0 Å². The normalized spacial score (nSPS) is 11.7. The molecule has 0 saturated carbocycles. The highest BCUT2D eigenvalue weighted by atomic mass is 32.2. The number of carboxylic acid groups (broad SMARTS) is 1. The number of aromatic carboxylic acids is 1. The van der Waals surface area contributed by atoms with E-state index < -0.39 is 26.9 Å². The molecule has 8 nitrogen and oxygen atoms in total. The molecule has 2 aromatic rings. The number of aromatic nitrogens is 2. The van der Waals surface area contributed by atoms with E-state index in [2.05, 4.69) is 4.98 Å². The van der Waals surface area contributed by atoms with Crippen molar-refractivity contribution >= 4 is 26.8 Å². The number of hydrogen-bond acceptors (Lipinski definition) is 5. The minimum Gasteiger partial charge on any atom is -0.478 e. The molecular formula is C12H12N2O6S. The number of aromatic amines is 1. The van der Waals surface area contributed by atoms with E-state index in [1.165, 1.54) is 18.2 Å². The van der Waals surface area contributed by atoms with Gasteiger partial charge < -0.3 is 14.7 Å². The van der Waals surface area contributed by atoms with Gasteiger partial charge in [0.1, 0.15) is 9.84 Å². The first-order valence-corrected chi connectivity index (χ1v) is 7.93. The number of benzene rings is 1. The topological polar surface area (TPSA) is 126 Å². The lowest BCUT2D eigenvalue weighted by Gasteiger charge is -2.11. The van der Waals surface area contributed by atoms with Gasteiger partial charge in [-0.05, 0) is 12.1 Å². The van der Waals surface area contributed by atoms with Crippen molar-refractivity contribution in [3.8, 4) is 0 Å². The van der Waals surface area contributed by atoms with Gasteiger partial charge in [0.25, 0.3) is 0 Å². The van der Waals surface area contributed by atoms with E-state index in [9.17, 15) is 22.8 Å². The van der Waals surface area contributed by atoms with Crippen LogP contribution in [0.15, 0.2) is 27.8 Å². The van der Waals surface area contributed by atoms with E-state index in [1.807, 2.05) is 0 Å². The number of nitrogens with one attached hydrogen (secondary N) is 1. The van der Waals surface area contributed by atoms with Crippen molar-refractivity contribution in [2.45, 2.75) is 6.54 Å². The molecule has 0 atom stereocenters. The predicted molar refractivity (Wildman–Crippen MR) is 75.5 cm³/mol. The van der Waals surface area contributed by atoms with Crippen molar-refractivity contribution in [3.05, 3.63) is 44.5 Å². The average Bonchev–Trinajstić information content (AvgIpc) is 2.37. The van der Waals surface area contributed by atoms with Crippen molar-refractivity contribution < 1.29 is 18.3 Å². The number of fused-ring (bicyclic) bond motifs is 1. The van der Waals surface area contributed by atoms with Gasteiger partial charge in [0.15, 0.2) is 0 Å². The number of para-hydroxylation sites is 1. The number of rotatable bonds is 4. The number of aryl methyl sites for hydroxylation is 1. The number of hydrogen-bond donors (Lipinski definition) is 2. The summed E-state index contributed by atoms with van der Waals surface area (Å²) >= 11 is 0. The van der Waals surface area contributed by atoms with Crippen molar-refractivity contribution in [1.29, 1.82) is 0 Å². The zero-order valence-corrected chi connectivity index (χ0v) is 11.8. The highest BCUT2D eigenvalue weighted by molar-refractivity contribution is 7.90. The molecule has 0 fully saturated rings. The summed E-state index contributed by atoms with van der Waals surface area (Å²) in [6.07, 6.45) is 0.992. The van der Waals surface area contributed by atoms with E-state index in [4.69, 9.17) is 5.11 Å². The van der Waals surface area contributed by atoms with Gasteiger partial charge in [0, 0.05) is 12.8 Å². The first-order chi connectivity index (χ1) is 9.70. The zero-order valence-electron chi connectivity index (χ0n) is 11.0. The second-order valence-corrected chi connectivity index (χ2v) is 6.81. The first-order valence-electron chi connectivity index (χ1n) is 5.87. The molecule has 21 heavy (non-hydrogen) atoms. The Morgan fingerprint density at radius 3 is 2.57 bits per heavy atom. The van der Waals surface area contributed by atoms with Gasteiger partial charge >= 0.3 is 17.1 Å². The minimum atomic E-state index is -3.37. The molecule has 0 saturated heterocycles. The van der Waals surface area contributed by atoms with Gasteiger partial charge in [-0.1, -0.05) is 6.07 Å². The Labute approximate surface area is 118 Å². The summed E-state index contributed by atoms with van der Waals surface area (Å²) in [5.41, 5.74) is -1.95. The fraction of sp³-hybridized carbons (Fsp3) is 0.250. The Balaban J connectivity index is 2.82. The van der Waals surface area contributed by atoms with Crippen LogP contribution in [0.25, 0.3) is 11.0 Å². The van der Waals surface area contributed by atoms with Crippen molar-refractivity contribution in [1.82, 2.24) is 9.55 Å². The molecule has 0 unspecified atom stereocenters. The Morgan fingerprint density at radius 1 is 1.33 bits per heavy atom. The molecule has 0 bridgehead atoms. The Hall–Kier alpha value is -2.42. The summed E-state index contributed by atoms with van der Waals surface area (Å²) in [5, 5.41) is 9.17. The van der Waals surface area contributed by atoms with E-state index in [0.29, 0.717) is 0 Å². The SMILES string of the molecule is CS(=O)(=O)CCn1c(=O)c(=O)[nH]c2cccc(C(=O)O)c21. The molecule has 1 aromatic heterocycles. The van der Waals surface area contributed by atoms with Gasteiger partial charge in [0.2, 0.25) is 0 Å². The van der Waals surface area contributed by atoms with Crippen molar-refractivity contribution in [2.75, 3.05) is 12.0 Å². The molecule has 2 N–H and O–H groups in total. The lowest BCUT2D eigenvalue weighted by molar-refractivity contribution is 0.0698. The quantitative estimate of drug-likeness (QED) is 0.728. The number of carboxylic acids is 1. The Bertz CT molecular complexity index is 938. The van der Waals surface area contributed by atoms with Crippen LogP contribution in [-0.4, -0.2) is 41.1 Å². The summed E-state index contributed by atoms with van der Waals surface area (Å²) in [6.45, 7) is -0.289. The van der Waals surface area contributed by atoms with Crippen LogP contribution in [-0.2, 0) is 16.4 Å². The maximum atomic E-state index is 11.9. The van der Waals surface area contributed by atoms with Gasteiger partial charge in [-0.2, -0.15) is 0 Å². The van der Waals surface area contributed by atoms with E-state index in [-0.39, 0.29) is 28.9 Å². The Kier molecular flexibility index (Phi) is 3.69. The molecule has 1 aromatic carbocycles. The molecule has 0 aliphatic heterocycles. The van der Waals surface area contributed by atoms with Gasteiger partial charge in [-0.25, -0.2) is 13.2 Å². The lowest BCUT2D eigenvalue weighted by Crippen LogP contribution is -2.38. The number of H-pyrrole nitrogens is 1. The van der Waals surface area contributed by atoms with Crippen molar-refractivity contribution in [2.24, 2.45) is 0 Å². The Morgan fingerprint density at radius 2 is 2.00 bits per heavy atom. The van der Waals surface area contributed by atoms with Crippen LogP contribution >= 0.6 is 0 Å². The van der Waals surface area contributed by atoms with E-state index >= 15 is 0 Å². The number of carbonyl (C=O) groups is 1. The molecule has 0 aliphatic rings. The van der Waals surface area contributed by atoms with Crippen LogP contribution in [0, 0.1) is 0 Å². The lowest BCUT2D eigenvalue weighted by atomic mass is 10.1. The third kappa shape index (κ3) is 3.02. The van der Waals surface area contributed by atoms with Gasteiger partial charge in [-0.3, -0.25) is 9.59 Å². The summed E-state index contributed by atoms with van der Waals surface area (Å²) in [7, 11) is -3.37. The summed E-state index contributed by atoms with van der Waals surface area (Å²) in [5.74, 6) is -1.65. The molecule has 2 rings (SSSR count). The second-order valence-electron chi connectivity index (χ2n) is 4.55. The second kappa shape index (κ2) is 5.17. The van der Waals surface area contributed by atoms with Crippen LogP contribution in [0.5, 0.6) is 0 Å². The zero-order chi connectivity index (χ0) is 15.8. The standard InChI is InChI=1S/C12H12N2O6S/c1-21(19,20)6-5-14-9-7(12(17)18)3-2-4-8(9)13-10(15)11(14)16/h2-4H,5-6H2,1H3,(H,13,15)(H,17,18). The largest absolute Gasteiger partial charge is 0.478 e. The molecule has 9 heteroatoms. The monoisotopic (exact) mass is 312 g/mol. The third-order valence-electron chi connectivity index (χ3n) is 2.91. The number of sulfone groups is 1. The maximum absolute atomic E-state index is 11.9. The van der Waals surface area contributed by atoms with E-state index in [1.54, 1.807) is 0 Å². The fourth-order valence-electron chi connectivity index (χ4n) is 1.98. The summed E-state index contributed by atoms with van der Waals surface area (Å²) in [6, 6.07) is 4.14. The van der Waals surface area contributed by atoms with Gasteiger partial charge in [-0.15, -0.1) is 0 Å². The molecular weight excluding hydrogens is 300 g/mol. The average molecular weight is 312 g/mol. The number of nitrogens with zero attached hydrogens (tertiary/aromatic N) is 1. The van der Waals surface area contributed by atoms with E-state index in [0.717, 1.165) is 10.8 Å². The molecule has 0 aliphatic carbocycles. The molecule has 0 radical (unpaired) electrons. The predicted octanol–water partition coefficient (Wildman–Crippen LogP) is -0.567. The third-order valence-corrected chi connectivity index (χ3v) is 3.83. The maximum Gasteiger partial charge on any atom is 0.337 e. The fourth-order valence-corrected chi connectivity index (χ4v) is 2.49. The first kappa shape index (κ1) is 15.0. The minimum absolute atomic E-state index is 0.00162. The van der Waals surface area contributed by atoms with Crippen LogP contribution in [0.4, 0.5) is 0 Å². The highest BCUT2D eigenvalue weighted by Crippen LogP contribution is 2.14. The van der Waals surface area contributed by atoms with Crippen molar-refractivity contribution in [3.63, 3.8) is 0 Å². The van der Waals surface area contributed by atoms with Crippen LogP contribution in [0.3, 0.4) is 0 Å².